The molecule has 0 atom stereocenters. The van der Waals surface area contributed by atoms with Gasteiger partial charge in [-0.2, -0.15) is 0 Å². The molecule has 0 saturated carbocycles. The molecule has 1 N–H and O–H groups in total. The molecule has 20 heavy (non-hydrogen) atoms. The highest BCUT2D eigenvalue weighted by molar-refractivity contribution is 6.17. The highest BCUT2D eigenvalue weighted by Crippen LogP contribution is 2.34. The van der Waals surface area contributed by atoms with Crippen LogP contribution in [0.2, 0.25) is 0 Å². The van der Waals surface area contributed by atoms with Crippen molar-refractivity contribution in [1.82, 2.24) is 0 Å². The molecule has 1 aliphatic rings. The topological polar surface area (TPSA) is 74.7 Å². The van der Waals surface area contributed by atoms with Crippen LogP contribution in [0.25, 0.3) is 0 Å². The third-order valence-corrected chi connectivity index (χ3v) is 3.46. The lowest BCUT2D eigenvalue weighted by Gasteiger charge is -2.34. The van der Waals surface area contributed by atoms with Crippen LogP contribution >= 0.6 is 0 Å². The molecule has 106 valence electrons. The van der Waals surface area contributed by atoms with Crippen LogP contribution in [0.4, 0.5) is 5.69 Å². The van der Waals surface area contributed by atoms with Crippen molar-refractivity contribution in [3.05, 3.63) is 29.3 Å². The molecule has 0 unspecified atom stereocenters. The van der Waals surface area contributed by atoms with E-state index in [2.05, 4.69) is 0 Å². The average Bonchev–Trinajstić information content (AvgIpc) is 2.25. The van der Waals surface area contributed by atoms with Crippen LogP contribution in [0, 0.1) is 12.3 Å². The molecular formula is C15H17NO4. The zero-order chi connectivity index (χ0) is 15.1. The van der Waals surface area contributed by atoms with Crippen molar-refractivity contribution in [1.29, 1.82) is 0 Å². The number of imide groups is 1. The van der Waals surface area contributed by atoms with Crippen molar-refractivity contribution in [3.8, 4) is 0 Å². The number of carboxylic acid groups (broad SMARTS) is 1. The number of carbonyl (C=O) groups is 3. The summed E-state index contributed by atoms with van der Waals surface area (Å²) in [6, 6.07) is 4.50. The Kier molecular flexibility index (Phi) is 3.38. The van der Waals surface area contributed by atoms with Gasteiger partial charge in [0.05, 0.1) is 11.3 Å². The SMILES string of the molecule is Cc1cc(N2C(=O)CC(C)(C)CC2=O)ccc1C(=O)O. The molecule has 2 amide bonds. The monoisotopic (exact) mass is 275 g/mol. The fourth-order valence-corrected chi connectivity index (χ4v) is 2.49. The lowest BCUT2D eigenvalue weighted by atomic mass is 9.81. The van der Waals surface area contributed by atoms with Crippen molar-refractivity contribution in [2.24, 2.45) is 5.41 Å². The molecule has 0 aliphatic carbocycles. The van der Waals surface area contributed by atoms with E-state index in [1.54, 1.807) is 13.0 Å². The third kappa shape index (κ3) is 2.57. The first-order valence-corrected chi connectivity index (χ1v) is 6.41. The first-order chi connectivity index (χ1) is 9.21. The van der Waals surface area contributed by atoms with Gasteiger partial charge in [-0.3, -0.25) is 14.5 Å². The van der Waals surface area contributed by atoms with Gasteiger partial charge < -0.3 is 5.11 Å². The van der Waals surface area contributed by atoms with E-state index in [-0.39, 0.29) is 22.8 Å². The van der Waals surface area contributed by atoms with E-state index in [1.165, 1.54) is 12.1 Å². The highest BCUT2D eigenvalue weighted by atomic mass is 16.4. The fourth-order valence-electron chi connectivity index (χ4n) is 2.49. The molecule has 1 aromatic rings. The maximum atomic E-state index is 12.1. The van der Waals surface area contributed by atoms with Crippen molar-refractivity contribution < 1.29 is 19.5 Å². The van der Waals surface area contributed by atoms with E-state index in [0.717, 1.165) is 4.90 Å². The zero-order valence-electron chi connectivity index (χ0n) is 11.8. The largest absolute Gasteiger partial charge is 0.478 e. The highest BCUT2D eigenvalue weighted by Gasteiger charge is 2.38. The summed E-state index contributed by atoms with van der Waals surface area (Å²) in [6.07, 6.45) is 0.608. The normalized spacial score (nSPS) is 18.2. The van der Waals surface area contributed by atoms with Crippen LogP contribution in [0.15, 0.2) is 18.2 Å². The third-order valence-electron chi connectivity index (χ3n) is 3.46. The number of anilines is 1. The average molecular weight is 275 g/mol. The smallest absolute Gasteiger partial charge is 0.335 e. The number of amides is 2. The first-order valence-electron chi connectivity index (χ1n) is 6.41. The molecule has 1 saturated heterocycles. The number of benzene rings is 1. The number of nitrogens with zero attached hydrogens (tertiary/aromatic N) is 1. The van der Waals surface area contributed by atoms with E-state index in [0.29, 0.717) is 24.1 Å². The molecule has 0 bridgehead atoms. The Morgan fingerprint density at radius 2 is 1.75 bits per heavy atom. The van der Waals surface area contributed by atoms with Crippen molar-refractivity contribution in [2.75, 3.05) is 4.90 Å². The zero-order valence-corrected chi connectivity index (χ0v) is 11.8. The van der Waals surface area contributed by atoms with E-state index in [4.69, 9.17) is 5.11 Å². The summed E-state index contributed by atoms with van der Waals surface area (Å²) in [4.78, 5) is 36.4. The number of hydrogen-bond donors (Lipinski definition) is 1. The lowest BCUT2D eigenvalue weighted by molar-refractivity contribution is -0.132. The Bertz CT molecular complexity index is 584. The van der Waals surface area contributed by atoms with Crippen LogP contribution in [0.5, 0.6) is 0 Å². The number of aryl methyl sites for hydroxylation is 1. The Hall–Kier alpha value is -2.17. The number of carboxylic acids is 1. The maximum Gasteiger partial charge on any atom is 0.335 e. The van der Waals surface area contributed by atoms with E-state index in [1.807, 2.05) is 13.8 Å². The summed E-state index contributed by atoms with van der Waals surface area (Å²) in [5, 5.41) is 8.99. The summed E-state index contributed by atoms with van der Waals surface area (Å²) >= 11 is 0. The van der Waals surface area contributed by atoms with Gasteiger partial charge in [-0.05, 0) is 36.1 Å². The van der Waals surface area contributed by atoms with Crippen molar-refractivity contribution >= 4 is 23.5 Å². The molecule has 1 aromatic carbocycles. The van der Waals surface area contributed by atoms with Crippen LogP contribution in [0.3, 0.4) is 0 Å². The molecule has 0 aromatic heterocycles. The summed E-state index contributed by atoms with van der Waals surface area (Å²) in [6.45, 7) is 5.42. The van der Waals surface area contributed by atoms with Gasteiger partial charge in [0.2, 0.25) is 11.8 Å². The molecule has 2 rings (SSSR count). The molecule has 5 heteroatoms. The van der Waals surface area contributed by atoms with Gasteiger partial charge in [-0.1, -0.05) is 13.8 Å². The quantitative estimate of drug-likeness (QED) is 0.841. The minimum Gasteiger partial charge on any atom is -0.478 e. The summed E-state index contributed by atoms with van der Waals surface area (Å²) in [5.41, 5.74) is 0.824. The molecular weight excluding hydrogens is 258 g/mol. The lowest BCUT2D eigenvalue weighted by Crippen LogP contribution is -2.46. The number of aromatic carboxylic acids is 1. The van der Waals surface area contributed by atoms with Gasteiger partial charge in [0, 0.05) is 12.8 Å². The predicted octanol–water partition coefficient (Wildman–Crippen LogP) is 2.37. The van der Waals surface area contributed by atoms with E-state index < -0.39 is 5.97 Å². The van der Waals surface area contributed by atoms with Gasteiger partial charge in [-0.15, -0.1) is 0 Å². The number of hydrogen-bond acceptors (Lipinski definition) is 3. The first kappa shape index (κ1) is 14.2. The van der Waals surface area contributed by atoms with Crippen molar-refractivity contribution in [3.63, 3.8) is 0 Å². The Morgan fingerprint density at radius 1 is 1.20 bits per heavy atom. The fraction of sp³-hybridized carbons (Fsp3) is 0.400. The Balaban J connectivity index is 2.37. The van der Waals surface area contributed by atoms with Crippen LogP contribution in [-0.4, -0.2) is 22.9 Å². The van der Waals surface area contributed by atoms with E-state index >= 15 is 0 Å². The second kappa shape index (κ2) is 4.74. The van der Waals surface area contributed by atoms with Gasteiger partial charge in [0.25, 0.3) is 0 Å². The minimum atomic E-state index is -1.02. The number of rotatable bonds is 2. The van der Waals surface area contributed by atoms with E-state index in [9.17, 15) is 14.4 Å². The molecule has 0 radical (unpaired) electrons. The molecule has 1 aliphatic heterocycles. The minimum absolute atomic E-state index is 0.172. The Labute approximate surface area is 117 Å². The molecule has 5 nitrogen and oxygen atoms in total. The number of piperidine rings is 1. The van der Waals surface area contributed by atoms with Gasteiger partial charge in [0.15, 0.2) is 0 Å². The summed E-state index contributed by atoms with van der Waals surface area (Å²) < 4.78 is 0. The van der Waals surface area contributed by atoms with Gasteiger partial charge in [0.1, 0.15) is 0 Å². The summed E-state index contributed by atoms with van der Waals surface area (Å²) in [5.74, 6) is -1.51. The second-order valence-corrected chi connectivity index (χ2v) is 5.95. The molecule has 1 heterocycles. The van der Waals surface area contributed by atoms with Gasteiger partial charge in [-0.25, -0.2) is 4.79 Å². The summed E-state index contributed by atoms with van der Waals surface area (Å²) in [7, 11) is 0. The maximum absolute atomic E-state index is 12.1. The van der Waals surface area contributed by atoms with Crippen molar-refractivity contribution in [2.45, 2.75) is 33.6 Å². The Morgan fingerprint density at radius 3 is 2.20 bits per heavy atom. The number of carbonyl (C=O) groups excluding carboxylic acids is 2. The molecule has 0 spiro atoms. The standard InChI is InChI=1S/C15H17NO4/c1-9-6-10(4-5-11(9)14(19)20)16-12(17)7-15(2,3)8-13(16)18/h4-6H,7-8H2,1-3H3,(H,19,20). The van der Waals surface area contributed by atoms with Crippen LogP contribution < -0.4 is 4.90 Å². The predicted molar refractivity (Wildman–Crippen MR) is 73.6 cm³/mol. The second-order valence-electron chi connectivity index (χ2n) is 5.95. The van der Waals surface area contributed by atoms with Gasteiger partial charge >= 0.3 is 5.97 Å². The molecule has 1 fully saturated rings. The van der Waals surface area contributed by atoms with Crippen LogP contribution in [-0.2, 0) is 9.59 Å². The van der Waals surface area contributed by atoms with Crippen LogP contribution in [0.1, 0.15) is 42.6 Å².